The van der Waals surface area contributed by atoms with Gasteiger partial charge in [0.05, 0.1) is 28.5 Å². The van der Waals surface area contributed by atoms with Crippen LogP contribution in [0.25, 0.3) is 22.4 Å². The maximum Gasteiger partial charge on any atom is 0.330 e. The summed E-state index contributed by atoms with van der Waals surface area (Å²) in [6, 6.07) is 13.0. The number of amides is 2. The first kappa shape index (κ1) is 31.2. The average molecular weight is 676 g/mol. The topological polar surface area (TPSA) is 128 Å². The van der Waals surface area contributed by atoms with Crippen LogP contribution in [0.2, 0.25) is 10.0 Å². The van der Waals surface area contributed by atoms with E-state index in [0.717, 1.165) is 48.2 Å². The molecule has 13 heteroatoms. The summed E-state index contributed by atoms with van der Waals surface area (Å²) in [4.78, 5) is 57.0. The fourth-order valence-corrected chi connectivity index (χ4v) is 7.78. The minimum atomic E-state index is -0.714. The van der Waals surface area contributed by atoms with Gasteiger partial charge in [0.1, 0.15) is 5.56 Å². The van der Waals surface area contributed by atoms with E-state index in [9.17, 15) is 19.2 Å². The van der Waals surface area contributed by atoms with Gasteiger partial charge in [-0.25, -0.2) is 9.78 Å². The molecule has 11 nitrogen and oxygen atoms in total. The molecular weight excluding hydrogens is 643 g/mol. The van der Waals surface area contributed by atoms with Crippen LogP contribution in [0.3, 0.4) is 0 Å². The fourth-order valence-electron chi connectivity index (χ4n) is 7.18. The molecule has 2 aromatic heterocycles. The van der Waals surface area contributed by atoms with Crippen LogP contribution in [0.15, 0.2) is 58.3 Å². The molecule has 2 amide bonds. The molecule has 2 aromatic carbocycles. The first-order valence-corrected chi connectivity index (χ1v) is 16.0. The van der Waals surface area contributed by atoms with Gasteiger partial charge in [-0.1, -0.05) is 53.5 Å². The third-order valence-corrected chi connectivity index (χ3v) is 10.4. The van der Waals surface area contributed by atoms with Gasteiger partial charge in [-0.3, -0.25) is 23.9 Å². The van der Waals surface area contributed by atoms with Crippen LogP contribution in [0, 0.1) is 5.41 Å². The molecule has 0 radical (unpaired) electrons. The number of nitrogens with zero attached hydrogens (tertiary/aromatic N) is 4. The van der Waals surface area contributed by atoms with Crippen molar-refractivity contribution in [2.24, 2.45) is 19.5 Å². The highest BCUT2D eigenvalue weighted by atomic mass is 35.5. The lowest BCUT2D eigenvalue weighted by Crippen LogP contribution is -2.58. The van der Waals surface area contributed by atoms with Crippen molar-refractivity contribution in [2.45, 2.75) is 25.3 Å². The van der Waals surface area contributed by atoms with Gasteiger partial charge < -0.3 is 19.9 Å². The lowest BCUT2D eigenvalue weighted by atomic mass is 9.77. The zero-order valence-electron chi connectivity index (χ0n) is 26.0. The minimum absolute atomic E-state index is 0.0359. The Kier molecular flexibility index (Phi) is 7.73. The second kappa shape index (κ2) is 11.7. The summed E-state index contributed by atoms with van der Waals surface area (Å²) in [5, 5.41) is 6.34. The number of carbonyl (C=O) groups is 2. The third kappa shape index (κ3) is 5.22. The van der Waals surface area contributed by atoms with Crippen LogP contribution in [-0.4, -0.2) is 57.6 Å². The van der Waals surface area contributed by atoms with Gasteiger partial charge in [0.25, 0.3) is 11.5 Å². The molecular formula is C34H32Cl2N6O5. The van der Waals surface area contributed by atoms with E-state index in [-0.39, 0.29) is 33.6 Å². The maximum atomic E-state index is 13.1. The second-order valence-electron chi connectivity index (χ2n) is 12.6. The Balaban J connectivity index is 1.18. The van der Waals surface area contributed by atoms with Crippen molar-refractivity contribution >= 4 is 40.7 Å². The number of hydrogen-bond acceptors (Lipinski definition) is 7. The normalized spacial score (nSPS) is 18.1. The van der Waals surface area contributed by atoms with Crippen LogP contribution < -0.4 is 26.6 Å². The van der Waals surface area contributed by atoms with Crippen molar-refractivity contribution < 1.29 is 14.3 Å². The molecule has 2 aliphatic heterocycles. The summed E-state index contributed by atoms with van der Waals surface area (Å²) in [5.41, 5.74) is 3.69. The molecule has 0 saturated carbocycles. The number of methoxy groups -OCH3 is 1. The summed E-state index contributed by atoms with van der Waals surface area (Å²) < 4.78 is 7.88. The second-order valence-corrected chi connectivity index (χ2v) is 13.3. The maximum absolute atomic E-state index is 13.1. The number of carbonyl (C=O) groups excluding carboxylic acids is 2. The quantitative estimate of drug-likeness (QED) is 0.314. The van der Waals surface area contributed by atoms with E-state index in [2.05, 4.69) is 21.6 Å². The highest BCUT2D eigenvalue weighted by Gasteiger charge is 2.51. The van der Waals surface area contributed by atoms with Gasteiger partial charge >= 0.3 is 5.69 Å². The average Bonchev–Trinajstić information content (AvgIpc) is 3.65. The molecule has 2 saturated heterocycles. The number of anilines is 1. The number of aromatic nitrogens is 3. The number of hydrogen-bond donors (Lipinski definition) is 2. The molecule has 1 spiro atoms. The van der Waals surface area contributed by atoms with E-state index < -0.39 is 17.2 Å². The molecule has 242 valence electrons. The molecule has 3 aliphatic rings. The molecule has 1 aliphatic carbocycles. The number of ether oxygens (including phenoxy) is 1. The highest BCUT2D eigenvalue weighted by molar-refractivity contribution is 6.39. The van der Waals surface area contributed by atoms with Crippen molar-refractivity contribution in [1.82, 2.24) is 24.3 Å². The van der Waals surface area contributed by atoms with E-state index in [1.165, 1.54) is 24.9 Å². The summed E-state index contributed by atoms with van der Waals surface area (Å²) >= 11 is 13.9. The Labute approximate surface area is 280 Å². The van der Waals surface area contributed by atoms with E-state index >= 15 is 0 Å². The first-order chi connectivity index (χ1) is 22.5. The van der Waals surface area contributed by atoms with E-state index in [1.54, 1.807) is 25.3 Å². The number of nitrogens with one attached hydrogen (secondary N) is 2. The van der Waals surface area contributed by atoms with Crippen molar-refractivity contribution in [3.63, 3.8) is 0 Å². The molecule has 4 heterocycles. The number of halogens is 2. The number of aryl methyl sites for hydroxylation is 2. The molecule has 1 atom stereocenters. The molecule has 2 N–H and O–H groups in total. The number of pyridine rings is 1. The van der Waals surface area contributed by atoms with Gasteiger partial charge in [0.2, 0.25) is 11.8 Å². The van der Waals surface area contributed by atoms with E-state index in [1.807, 2.05) is 18.2 Å². The number of rotatable bonds is 6. The van der Waals surface area contributed by atoms with Crippen molar-refractivity contribution in [1.29, 1.82) is 0 Å². The van der Waals surface area contributed by atoms with Crippen LogP contribution >= 0.6 is 23.2 Å². The molecule has 2 fully saturated rings. The molecule has 47 heavy (non-hydrogen) atoms. The van der Waals surface area contributed by atoms with Crippen molar-refractivity contribution in [3.8, 4) is 28.3 Å². The molecule has 4 aromatic rings. The van der Waals surface area contributed by atoms with Gasteiger partial charge in [-0.2, -0.15) is 0 Å². The zero-order valence-corrected chi connectivity index (χ0v) is 27.5. The van der Waals surface area contributed by atoms with Gasteiger partial charge in [0.15, 0.2) is 0 Å². The molecule has 0 unspecified atom stereocenters. The zero-order chi connectivity index (χ0) is 33.2. The lowest BCUT2D eigenvalue weighted by molar-refractivity contribution is -0.121. The number of benzene rings is 2. The Morgan fingerprint density at radius 1 is 1.04 bits per heavy atom. The van der Waals surface area contributed by atoms with Crippen molar-refractivity contribution in [2.75, 3.05) is 32.1 Å². The Hall–Kier alpha value is -4.45. The Morgan fingerprint density at radius 3 is 2.45 bits per heavy atom. The van der Waals surface area contributed by atoms with Crippen molar-refractivity contribution in [3.05, 3.63) is 96.2 Å². The standard InChI is InChI=1S/C34H32Cl2N6O5/c1-40-14-22(32(45)41(2)33(40)46)30(44)38-23-9-5-7-20(29(23)36)19-6-4-8-21(28(19)35)24-12-18-10-11-25(27(18)31(39-24)47-3)42-16-34(17-42)13-26(43)37-15-34/h4-9,12,14,25H,10-11,13,15-17H2,1-3H3,(H,37,43)(H,38,44)/t25-/m1/s1. The summed E-state index contributed by atoms with van der Waals surface area (Å²) in [6.07, 6.45) is 3.60. The van der Waals surface area contributed by atoms with Crippen LogP contribution in [0.5, 0.6) is 5.88 Å². The van der Waals surface area contributed by atoms with Gasteiger partial charge in [-0.15, -0.1) is 0 Å². The van der Waals surface area contributed by atoms with Crippen LogP contribution in [0.4, 0.5) is 5.69 Å². The monoisotopic (exact) mass is 674 g/mol. The number of fused-ring (bicyclic) bond motifs is 1. The third-order valence-electron chi connectivity index (χ3n) is 9.54. The fraction of sp³-hybridized carbons (Fsp3) is 0.324. The molecule has 7 rings (SSSR count). The predicted octanol–water partition coefficient (Wildman–Crippen LogP) is 4.19. The Morgan fingerprint density at radius 2 is 1.74 bits per heavy atom. The summed E-state index contributed by atoms with van der Waals surface area (Å²) in [6.45, 7) is 2.48. The minimum Gasteiger partial charge on any atom is -0.481 e. The van der Waals surface area contributed by atoms with Gasteiger partial charge in [-0.05, 0) is 30.5 Å². The van der Waals surface area contributed by atoms with Gasteiger partial charge in [0, 0.05) is 80.1 Å². The summed E-state index contributed by atoms with van der Waals surface area (Å²) in [5.74, 6) is -0.00408. The predicted molar refractivity (Wildman–Crippen MR) is 179 cm³/mol. The van der Waals surface area contributed by atoms with E-state index in [0.29, 0.717) is 39.7 Å². The van der Waals surface area contributed by atoms with Crippen LogP contribution in [0.1, 0.15) is 40.4 Å². The summed E-state index contributed by atoms with van der Waals surface area (Å²) in [7, 11) is 4.40. The molecule has 0 bridgehead atoms. The van der Waals surface area contributed by atoms with Crippen LogP contribution in [-0.2, 0) is 25.3 Å². The SMILES string of the molecule is COc1nc(-c2cccc(-c3cccc(NC(=O)c4cn(C)c(=O)n(C)c4=O)c3Cl)c2Cl)cc2c1[C@H](N1CC3(CNC(=O)C3)C1)CC2. The smallest absolute Gasteiger partial charge is 0.330 e. The van der Waals surface area contributed by atoms with E-state index in [4.69, 9.17) is 32.9 Å². The highest BCUT2D eigenvalue weighted by Crippen LogP contribution is 2.49. The lowest BCUT2D eigenvalue weighted by Gasteiger charge is -2.50. The first-order valence-electron chi connectivity index (χ1n) is 15.2. The Bertz CT molecular complexity index is 2100. The number of likely N-dealkylation sites (tertiary alicyclic amines) is 1. The largest absolute Gasteiger partial charge is 0.481 e.